The van der Waals surface area contributed by atoms with Gasteiger partial charge in [-0.3, -0.25) is 8.98 Å². The van der Waals surface area contributed by atoms with E-state index in [1.165, 1.54) is 23.9 Å². The Kier molecular flexibility index (Phi) is 7.16. The third-order valence-corrected chi connectivity index (χ3v) is 8.62. The molecule has 0 radical (unpaired) electrons. The van der Waals surface area contributed by atoms with E-state index in [4.69, 9.17) is 19.0 Å². The average molecular weight is 547 g/mol. The molecule has 3 aromatic rings. The number of ketones is 1. The van der Waals surface area contributed by atoms with Gasteiger partial charge in [0.05, 0.1) is 29.3 Å². The lowest BCUT2D eigenvalue weighted by atomic mass is 10.1. The second-order valence-electron chi connectivity index (χ2n) is 9.58. The molecule has 5 rings (SSSR count). The maximum Gasteiger partial charge on any atom is 0.333 e. The SMILES string of the molecule is Cc1nc2n(c1C)CCOC2c1cc(C(=O)c2cncnc2N[C@H]2CC[C@@H](COS(N)(=O)=O)C2)sc1C. The topological polar surface area (TPSA) is 151 Å². The molecule has 13 heteroatoms. The van der Waals surface area contributed by atoms with E-state index < -0.39 is 10.3 Å². The Hall–Kier alpha value is -2.71. The molecule has 0 spiro atoms. The fraction of sp³-hybridized carbons (Fsp3) is 0.500. The number of nitrogens with one attached hydrogen (secondary N) is 1. The highest BCUT2D eigenvalue weighted by molar-refractivity contribution is 7.84. The van der Waals surface area contributed by atoms with E-state index in [9.17, 15) is 13.2 Å². The van der Waals surface area contributed by atoms with Gasteiger partial charge in [-0.15, -0.1) is 11.3 Å². The van der Waals surface area contributed by atoms with Crippen molar-refractivity contribution < 1.29 is 22.1 Å². The van der Waals surface area contributed by atoms with Crippen LogP contribution < -0.4 is 10.5 Å². The van der Waals surface area contributed by atoms with Gasteiger partial charge in [0.2, 0.25) is 5.78 Å². The lowest BCUT2D eigenvalue weighted by molar-refractivity contribution is 0.0423. The predicted octanol–water partition coefficient (Wildman–Crippen LogP) is 2.81. The van der Waals surface area contributed by atoms with Crippen LogP contribution in [0.15, 0.2) is 18.6 Å². The number of anilines is 1. The molecule has 3 aromatic heterocycles. The number of carbonyl (C=O) groups excluding carboxylic acids is 1. The summed E-state index contributed by atoms with van der Waals surface area (Å²) in [6.07, 6.45) is 4.87. The summed E-state index contributed by atoms with van der Waals surface area (Å²) < 4.78 is 35.3. The number of imidazole rings is 1. The quantitative estimate of drug-likeness (QED) is 0.406. The minimum absolute atomic E-state index is 0.0251. The zero-order valence-corrected chi connectivity index (χ0v) is 22.6. The van der Waals surface area contributed by atoms with Gasteiger partial charge in [0.25, 0.3) is 0 Å². The number of nitrogens with zero attached hydrogens (tertiary/aromatic N) is 4. The highest BCUT2D eigenvalue weighted by atomic mass is 32.2. The highest BCUT2D eigenvalue weighted by Crippen LogP contribution is 2.37. The maximum atomic E-state index is 13.6. The molecule has 1 aliphatic carbocycles. The second-order valence-corrected chi connectivity index (χ2v) is 12.1. The van der Waals surface area contributed by atoms with Crippen molar-refractivity contribution in [2.45, 2.75) is 58.7 Å². The lowest BCUT2D eigenvalue weighted by Crippen LogP contribution is -2.23. The summed E-state index contributed by atoms with van der Waals surface area (Å²) in [6, 6.07) is 1.92. The first kappa shape index (κ1) is 25.9. The molecule has 0 bridgehead atoms. The minimum atomic E-state index is -3.96. The van der Waals surface area contributed by atoms with Crippen molar-refractivity contribution in [3.05, 3.63) is 56.7 Å². The summed E-state index contributed by atoms with van der Waals surface area (Å²) in [6.45, 7) is 7.44. The molecular formula is C24H30N6O5S2. The van der Waals surface area contributed by atoms with Gasteiger partial charge in [0, 0.05) is 34.9 Å². The van der Waals surface area contributed by atoms with Gasteiger partial charge in [0.15, 0.2) is 0 Å². The monoisotopic (exact) mass is 546 g/mol. The zero-order chi connectivity index (χ0) is 26.3. The van der Waals surface area contributed by atoms with Gasteiger partial charge < -0.3 is 14.6 Å². The van der Waals surface area contributed by atoms with Crippen LogP contribution in [0, 0.1) is 26.7 Å². The van der Waals surface area contributed by atoms with Crippen LogP contribution in [0.4, 0.5) is 5.82 Å². The summed E-state index contributed by atoms with van der Waals surface area (Å²) in [5.41, 5.74) is 3.45. The Morgan fingerprint density at radius 1 is 1.32 bits per heavy atom. The van der Waals surface area contributed by atoms with Crippen LogP contribution in [-0.2, 0) is 25.8 Å². The fourth-order valence-corrected chi connectivity index (χ4v) is 6.47. The van der Waals surface area contributed by atoms with E-state index in [0.717, 1.165) is 47.0 Å². The standard InChI is InChI=1S/C24H30N6O5S2/c1-13-14(2)30-6-7-34-22(24(30)28-13)18-9-20(36-15(18)3)21(31)19-10-26-12-27-23(19)29-17-5-4-16(8-17)11-35-37(25,32)33/h9-10,12,16-17,22H,4-8,11H2,1-3H3,(H2,25,32,33)(H,26,27,29)/t16-,17+,22?/m1/s1. The van der Waals surface area contributed by atoms with Gasteiger partial charge in [-0.1, -0.05) is 0 Å². The van der Waals surface area contributed by atoms with Crippen LogP contribution in [-0.4, -0.2) is 53.0 Å². The number of thiophene rings is 1. The molecule has 11 nitrogen and oxygen atoms in total. The Bertz CT molecular complexity index is 1430. The summed E-state index contributed by atoms with van der Waals surface area (Å²) >= 11 is 1.42. The number of hydrogen-bond acceptors (Lipinski definition) is 10. The Balaban J connectivity index is 1.34. The van der Waals surface area contributed by atoms with Gasteiger partial charge in [-0.05, 0) is 52.0 Å². The molecule has 4 heterocycles. The van der Waals surface area contributed by atoms with Crippen molar-refractivity contribution in [2.24, 2.45) is 11.1 Å². The van der Waals surface area contributed by atoms with E-state index in [-0.39, 0.29) is 30.5 Å². The van der Waals surface area contributed by atoms with Crippen LogP contribution in [0.3, 0.4) is 0 Å². The van der Waals surface area contributed by atoms with E-state index in [2.05, 4.69) is 26.8 Å². The van der Waals surface area contributed by atoms with E-state index >= 15 is 0 Å². The summed E-state index contributed by atoms with van der Waals surface area (Å²) in [5, 5.41) is 8.29. The van der Waals surface area contributed by atoms with Crippen molar-refractivity contribution in [1.29, 1.82) is 0 Å². The van der Waals surface area contributed by atoms with Gasteiger partial charge in [-0.2, -0.15) is 8.42 Å². The fourth-order valence-electron chi connectivity index (χ4n) is 5.08. The van der Waals surface area contributed by atoms with E-state index in [1.54, 1.807) is 0 Å². The number of carbonyl (C=O) groups is 1. The number of aromatic nitrogens is 4. The van der Waals surface area contributed by atoms with Crippen LogP contribution in [0.25, 0.3) is 0 Å². The summed E-state index contributed by atoms with van der Waals surface area (Å²) in [5.74, 6) is 1.21. The van der Waals surface area contributed by atoms with Crippen molar-refractivity contribution in [3.63, 3.8) is 0 Å². The molecule has 1 fully saturated rings. The summed E-state index contributed by atoms with van der Waals surface area (Å²) in [4.78, 5) is 28.4. The van der Waals surface area contributed by atoms with Crippen LogP contribution >= 0.6 is 11.3 Å². The van der Waals surface area contributed by atoms with E-state index in [0.29, 0.717) is 29.3 Å². The highest BCUT2D eigenvalue weighted by Gasteiger charge is 2.31. The predicted molar refractivity (Wildman–Crippen MR) is 138 cm³/mol. The molecule has 0 amide bonds. The Morgan fingerprint density at radius 2 is 2.14 bits per heavy atom. The number of hydrogen-bond donors (Lipinski definition) is 2. The van der Waals surface area contributed by atoms with Gasteiger partial charge >= 0.3 is 10.3 Å². The average Bonchev–Trinajstić information content (AvgIpc) is 3.55. The van der Waals surface area contributed by atoms with Gasteiger partial charge in [-0.25, -0.2) is 20.1 Å². The van der Waals surface area contributed by atoms with Crippen molar-refractivity contribution in [3.8, 4) is 0 Å². The number of rotatable bonds is 8. The first-order valence-electron chi connectivity index (χ1n) is 12.1. The minimum Gasteiger partial charge on any atom is -0.367 e. The largest absolute Gasteiger partial charge is 0.367 e. The molecule has 0 saturated heterocycles. The lowest BCUT2D eigenvalue weighted by Gasteiger charge is -2.25. The van der Waals surface area contributed by atoms with Crippen molar-refractivity contribution >= 4 is 33.2 Å². The number of nitrogens with two attached hydrogens (primary N) is 1. The van der Waals surface area contributed by atoms with Gasteiger partial charge in [0.1, 0.15) is 24.1 Å². The Morgan fingerprint density at radius 3 is 2.92 bits per heavy atom. The van der Waals surface area contributed by atoms with Crippen molar-refractivity contribution in [1.82, 2.24) is 19.5 Å². The molecular weight excluding hydrogens is 516 g/mol. The molecule has 3 atom stereocenters. The first-order valence-corrected chi connectivity index (χ1v) is 14.4. The molecule has 1 aliphatic heterocycles. The first-order chi connectivity index (χ1) is 17.6. The molecule has 37 heavy (non-hydrogen) atoms. The zero-order valence-electron chi connectivity index (χ0n) is 20.9. The number of aryl methyl sites for hydroxylation is 2. The van der Waals surface area contributed by atoms with Crippen LogP contribution in [0.1, 0.15) is 68.3 Å². The van der Waals surface area contributed by atoms with E-state index in [1.807, 2.05) is 19.9 Å². The third kappa shape index (κ3) is 5.46. The van der Waals surface area contributed by atoms with Crippen LogP contribution in [0.2, 0.25) is 0 Å². The second kappa shape index (κ2) is 10.2. The van der Waals surface area contributed by atoms with Crippen molar-refractivity contribution in [2.75, 3.05) is 18.5 Å². The Labute approximate surface area is 219 Å². The molecule has 1 unspecified atom stereocenters. The maximum absolute atomic E-state index is 13.6. The molecule has 3 N–H and O–H groups in total. The third-order valence-electron chi connectivity index (χ3n) is 7.09. The normalized spacial score (nSPS) is 21.7. The molecule has 0 aromatic carbocycles. The molecule has 2 aliphatic rings. The number of fused-ring (bicyclic) bond motifs is 1. The van der Waals surface area contributed by atoms with Crippen LogP contribution in [0.5, 0.6) is 0 Å². The molecule has 198 valence electrons. The summed E-state index contributed by atoms with van der Waals surface area (Å²) in [7, 11) is -3.96. The smallest absolute Gasteiger partial charge is 0.333 e. The number of ether oxygens (including phenoxy) is 1. The molecule has 1 saturated carbocycles.